The predicted octanol–water partition coefficient (Wildman–Crippen LogP) is 2.46. The van der Waals surface area contributed by atoms with E-state index in [1.807, 2.05) is 29.1 Å². The first-order valence-corrected chi connectivity index (χ1v) is 6.07. The molecule has 0 saturated heterocycles. The van der Waals surface area contributed by atoms with Crippen LogP contribution in [-0.4, -0.2) is 15.8 Å². The third-order valence-corrected chi connectivity index (χ3v) is 3.12. The van der Waals surface area contributed by atoms with Crippen LogP contribution in [0.5, 0.6) is 0 Å². The van der Waals surface area contributed by atoms with Crippen molar-refractivity contribution in [2.24, 2.45) is 5.73 Å². The number of nitrogens with two attached hydrogens (primary N) is 1. The molecule has 2 rings (SSSR count). The van der Waals surface area contributed by atoms with E-state index in [1.54, 1.807) is 0 Å². The second-order valence-corrected chi connectivity index (χ2v) is 4.38. The van der Waals surface area contributed by atoms with Crippen LogP contribution < -0.4 is 5.73 Å². The molecule has 0 bridgehead atoms. The van der Waals surface area contributed by atoms with E-state index in [0.29, 0.717) is 0 Å². The van der Waals surface area contributed by atoms with Crippen molar-refractivity contribution >= 4 is 0 Å². The SMILES string of the molecule is CCC(N)Cc1cnn(-c2ccccc2)c1C. The maximum Gasteiger partial charge on any atom is 0.0648 e. The Kier molecular flexibility index (Phi) is 3.59. The molecule has 0 radical (unpaired) electrons. The third kappa shape index (κ3) is 2.56. The van der Waals surface area contributed by atoms with Crippen molar-refractivity contribution in [1.29, 1.82) is 0 Å². The second-order valence-electron chi connectivity index (χ2n) is 4.38. The van der Waals surface area contributed by atoms with Gasteiger partial charge in [-0.2, -0.15) is 5.10 Å². The van der Waals surface area contributed by atoms with Crippen molar-refractivity contribution < 1.29 is 0 Å². The van der Waals surface area contributed by atoms with Crippen molar-refractivity contribution in [1.82, 2.24) is 9.78 Å². The molecule has 2 aromatic rings. The standard InChI is InChI=1S/C14H19N3/c1-3-13(15)9-12-10-16-17(11(12)2)14-7-5-4-6-8-14/h4-8,10,13H,3,9,15H2,1-2H3. The Bertz CT molecular complexity index is 473. The molecule has 1 aromatic heterocycles. The number of para-hydroxylation sites is 1. The zero-order valence-electron chi connectivity index (χ0n) is 10.4. The Morgan fingerprint density at radius 1 is 1.29 bits per heavy atom. The van der Waals surface area contributed by atoms with E-state index in [9.17, 15) is 0 Å². The Morgan fingerprint density at radius 3 is 2.65 bits per heavy atom. The molecule has 0 aliphatic rings. The van der Waals surface area contributed by atoms with Gasteiger partial charge in [-0.25, -0.2) is 4.68 Å². The Balaban J connectivity index is 2.27. The van der Waals surface area contributed by atoms with Crippen molar-refractivity contribution in [2.45, 2.75) is 32.7 Å². The molecule has 2 N–H and O–H groups in total. The molecule has 0 saturated carbocycles. The lowest BCUT2D eigenvalue weighted by Gasteiger charge is -2.08. The van der Waals surface area contributed by atoms with Gasteiger partial charge < -0.3 is 5.73 Å². The van der Waals surface area contributed by atoms with E-state index in [-0.39, 0.29) is 6.04 Å². The van der Waals surface area contributed by atoms with Crippen molar-refractivity contribution in [3.05, 3.63) is 47.8 Å². The average molecular weight is 229 g/mol. The quantitative estimate of drug-likeness (QED) is 0.875. The minimum absolute atomic E-state index is 0.224. The molecule has 3 nitrogen and oxygen atoms in total. The second kappa shape index (κ2) is 5.15. The fourth-order valence-electron chi connectivity index (χ4n) is 1.90. The molecule has 1 heterocycles. The van der Waals surface area contributed by atoms with E-state index in [2.05, 4.69) is 31.1 Å². The first-order chi connectivity index (χ1) is 8.22. The van der Waals surface area contributed by atoms with Crippen LogP contribution in [0.4, 0.5) is 0 Å². The van der Waals surface area contributed by atoms with Crippen LogP contribution in [0.25, 0.3) is 5.69 Å². The fourth-order valence-corrected chi connectivity index (χ4v) is 1.90. The Labute approximate surface area is 102 Å². The maximum atomic E-state index is 5.98. The number of hydrogen-bond donors (Lipinski definition) is 1. The molecule has 1 aromatic carbocycles. The van der Waals surface area contributed by atoms with E-state index < -0.39 is 0 Å². The van der Waals surface area contributed by atoms with Gasteiger partial charge in [0.05, 0.1) is 11.9 Å². The molecule has 1 atom stereocenters. The van der Waals surface area contributed by atoms with Gasteiger partial charge in [-0.1, -0.05) is 25.1 Å². The number of rotatable bonds is 4. The van der Waals surface area contributed by atoms with Crippen LogP contribution in [0.3, 0.4) is 0 Å². The topological polar surface area (TPSA) is 43.8 Å². The predicted molar refractivity (Wildman–Crippen MR) is 70.3 cm³/mol. The highest BCUT2D eigenvalue weighted by Crippen LogP contribution is 2.15. The smallest absolute Gasteiger partial charge is 0.0648 e. The van der Waals surface area contributed by atoms with Crippen LogP contribution >= 0.6 is 0 Å². The lowest BCUT2D eigenvalue weighted by atomic mass is 10.1. The fraction of sp³-hybridized carbons (Fsp3) is 0.357. The molecule has 1 unspecified atom stereocenters. The van der Waals surface area contributed by atoms with Gasteiger partial charge in [0, 0.05) is 11.7 Å². The van der Waals surface area contributed by atoms with Gasteiger partial charge in [0.2, 0.25) is 0 Å². The summed E-state index contributed by atoms with van der Waals surface area (Å²) in [7, 11) is 0. The first-order valence-electron chi connectivity index (χ1n) is 6.07. The normalized spacial score (nSPS) is 12.6. The third-order valence-electron chi connectivity index (χ3n) is 3.12. The monoisotopic (exact) mass is 229 g/mol. The van der Waals surface area contributed by atoms with Gasteiger partial charge in [-0.05, 0) is 37.5 Å². The van der Waals surface area contributed by atoms with Gasteiger partial charge in [-0.3, -0.25) is 0 Å². The molecule has 3 heteroatoms. The summed E-state index contributed by atoms with van der Waals surface area (Å²) in [6.45, 7) is 4.21. The number of aromatic nitrogens is 2. The van der Waals surface area contributed by atoms with E-state index in [4.69, 9.17) is 5.73 Å². The van der Waals surface area contributed by atoms with Crippen LogP contribution in [0.1, 0.15) is 24.6 Å². The highest BCUT2D eigenvalue weighted by atomic mass is 15.3. The minimum atomic E-state index is 0.224. The summed E-state index contributed by atoms with van der Waals surface area (Å²) < 4.78 is 1.97. The molecule has 17 heavy (non-hydrogen) atoms. The molecule has 0 spiro atoms. The number of nitrogens with zero attached hydrogens (tertiary/aromatic N) is 2. The molecule has 0 amide bonds. The summed E-state index contributed by atoms with van der Waals surface area (Å²) in [5, 5.41) is 4.43. The van der Waals surface area contributed by atoms with Gasteiger partial charge in [0.1, 0.15) is 0 Å². The van der Waals surface area contributed by atoms with Crippen LogP contribution in [0.2, 0.25) is 0 Å². The van der Waals surface area contributed by atoms with Crippen LogP contribution in [0.15, 0.2) is 36.5 Å². The lowest BCUT2D eigenvalue weighted by Crippen LogP contribution is -2.21. The molecule has 0 aliphatic carbocycles. The summed E-state index contributed by atoms with van der Waals surface area (Å²) in [6.07, 6.45) is 3.82. The van der Waals surface area contributed by atoms with Gasteiger partial charge in [0.15, 0.2) is 0 Å². The summed E-state index contributed by atoms with van der Waals surface area (Å²) in [5.74, 6) is 0. The van der Waals surface area contributed by atoms with Crippen molar-refractivity contribution in [2.75, 3.05) is 0 Å². The van der Waals surface area contributed by atoms with Crippen LogP contribution in [0, 0.1) is 6.92 Å². The van der Waals surface area contributed by atoms with Gasteiger partial charge >= 0.3 is 0 Å². The summed E-state index contributed by atoms with van der Waals surface area (Å²) in [4.78, 5) is 0. The number of hydrogen-bond acceptors (Lipinski definition) is 2. The lowest BCUT2D eigenvalue weighted by molar-refractivity contribution is 0.644. The zero-order valence-corrected chi connectivity index (χ0v) is 10.4. The van der Waals surface area contributed by atoms with Crippen molar-refractivity contribution in [3.63, 3.8) is 0 Å². The summed E-state index contributed by atoms with van der Waals surface area (Å²) in [6, 6.07) is 10.4. The maximum absolute atomic E-state index is 5.98. The van der Waals surface area contributed by atoms with E-state index >= 15 is 0 Å². The van der Waals surface area contributed by atoms with Crippen molar-refractivity contribution in [3.8, 4) is 5.69 Å². The summed E-state index contributed by atoms with van der Waals surface area (Å²) >= 11 is 0. The Hall–Kier alpha value is -1.61. The molecule has 0 aliphatic heterocycles. The highest BCUT2D eigenvalue weighted by Gasteiger charge is 2.10. The zero-order chi connectivity index (χ0) is 12.3. The molecule has 90 valence electrons. The largest absolute Gasteiger partial charge is 0.327 e. The van der Waals surface area contributed by atoms with Gasteiger partial charge in [-0.15, -0.1) is 0 Å². The van der Waals surface area contributed by atoms with Crippen LogP contribution in [-0.2, 0) is 6.42 Å². The number of benzene rings is 1. The Morgan fingerprint density at radius 2 is 2.00 bits per heavy atom. The molecular weight excluding hydrogens is 210 g/mol. The average Bonchev–Trinajstić information content (AvgIpc) is 2.72. The molecule has 0 fully saturated rings. The van der Waals surface area contributed by atoms with Gasteiger partial charge in [0.25, 0.3) is 0 Å². The van der Waals surface area contributed by atoms with E-state index in [0.717, 1.165) is 18.5 Å². The highest BCUT2D eigenvalue weighted by molar-refractivity contribution is 5.34. The van der Waals surface area contributed by atoms with E-state index in [1.165, 1.54) is 11.3 Å². The summed E-state index contributed by atoms with van der Waals surface area (Å²) in [5.41, 5.74) is 9.50. The molecular formula is C14H19N3. The first kappa shape index (κ1) is 11.9. The minimum Gasteiger partial charge on any atom is -0.327 e.